The summed E-state index contributed by atoms with van der Waals surface area (Å²) >= 11 is 4.31. The van der Waals surface area contributed by atoms with Crippen LogP contribution in [0.25, 0.3) is 21.7 Å². The summed E-state index contributed by atoms with van der Waals surface area (Å²) in [6, 6.07) is 18.3. The van der Waals surface area contributed by atoms with Crippen molar-refractivity contribution in [2.75, 3.05) is 0 Å². The summed E-state index contributed by atoms with van der Waals surface area (Å²) in [7, 11) is -7.67. The molecule has 0 bridgehead atoms. The second kappa shape index (κ2) is 9.07. The maximum atomic E-state index is 13.5. The van der Waals surface area contributed by atoms with Gasteiger partial charge in [-0.1, -0.05) is 40.2 Å². The Hall–Kier alpha value is -2.44. The molecule has 0 saturated heterocycles. The largest absolute Gasteiger partial charge is 0.238 e. The number of thiazole rings is 1. The number of sulfonamides is 1. The highest BCUT2D eigenvalue weighted by Gasteiger charge is 2.25. The molecule has 0 fully saturated rings. The van der Waals surface area contributed by atoms with Crippen LogP contribution in [0.3, 0.4) is 0 Å². The molecule has 0 saturated carbocycles. The lowest BCUT2D eigenvalue weighted by Crippen LogP contribution is -2.11. The van der Waals surface area contributed by atoms with Crippen LogP contribution in [0.5, 0.6) is 0 Å². The standard InChI is InChI=1S/C22H16BrFN2O4S3/c23-17-3-1-2-14(12-17)13-32(27,28)22-26-20(15-4-8-18(24)9-5-15)21(31-22)16-6-10-19(11-7-16)33(25,29)30/h1-12H,13H2,(H2,25,29,30). The highest BCUT2D eigenvalue weighted by molar-refractivity contribution is 9.10. The van der Waals surface area contributed by atoms with Crippen LogP contribution in [0, 0.1) is 5.82 Å². The number of sulfone groups is 1. The fraction of sp³-hybridized carbons (Fsp3) is 0.0455. The van der Waals surface area contributed by atoms with Gasteiger partial charge in [-0.3, -0.25) is 0 Å². The number of hydrogen-bond acceptors (Lipinski definition) is 6. The number of nitrogens with two attached hydrogens (primary N) is 1. The Morgan fingerprint density at radius 1 is 0.909 bits per heavy atom. The summed E-state index contributed by atoms with van der Waals surface area (Å²) < 4.78 is 63.6. The maximum absolute atomic E-state index is 13.5. The van der Waals surface area contributed by atoms with E-state index in [-0.39, 0.29) is 15.0 Å². The number of nitrogens with zero attached hydrogens (tertiary/aromatic N) is 1. The zero-order valence-electron chi connectivity index (χ0n) is 16.8. The first-order valence-corrected chi connectivity index (χ1v) is 14.2. The van der Waals surface area contributed by atoms with Crippen LogP contribution in [0.1, 0.15) is 5.56 Å². The third-order valence-corrected chi connectivity index (χ3v) is 9.35. The molecule has 33 heavy (non-hydrogen) atoms. The molecule has 3 aromatic carbocycles. The summed E-state index contributed by atoms with van der Waals surface area (Å²) in [5.41, 5.74) is 2.04. The van der Waals surface area contributed by atoms with Gasteiger partial charge >= 0.3 is 0 Å². The van der Waals surface area contributed by atoms with Crippen LogP contribution in [0.4, 0.5) is 4.39 Å². The van der Waals surface area contributed by atoms with Gasteiger partial charge in [0.2, 0.25) is 24.2 Å². The normalized spacial score (nSPS) is 12.1. The molecule has 1 heterocycles. The SMILES string of the molecule is NS(=O)(=O)c1ccc(-c2sc(S(=O)(=O)Cc3cccc(Br)c3)nc2-c2ccc(F)cc2)cc1. The van der Waals surface area contributed by atoms with Gasteiger partial charge in [0, 0.05) is 10.0 Å². The van der Waals surface area contributed by atoms with Gasteiger partial charge < -0.3 is 0 Å². The summed E-state index contributed by atoms with van der Waals surface area (Å²) in [6.45, 7) is 0. The highest BCUT2D eigenvalue weighted by atomic mass is 79.9. The second-order valence-corrected chi connectivity index (χ2v) is 12.8. The highest BCUT2D eigenvalue weighted by Crippen LogP contribution is 2.39. The Kier molecular flexibility index (Phi) is 6.52. The third-order valence-electron chi connectivity index (χ3n) is 4.68. The van der Waals surface area contributed by atoms with E-state index in [2.05, 4.69) is 20.9 Å². The second-order valence-electron chi connectivity index (χ2n) is 7.12. The number of hydrogen-bond donors (Lipinski definition) is 1. The number of benzene rings is 3. The van der Waals surface area contributed by atoms with Crippen molar-refractivity contribution in [2.24, 2.45) is 5.14 Å². The summed E-state index contributed by atoms with van der Waals surface area (Å²) in [5, 5.41) is 5.17. The Morgan fingerprint density at radius 3 is 2.15 bits per heavy atom. The van der Waals surface area contributed by atoms with E-state index < -0.39 is 25.7 Å². The van der Waals surface area contributed by atoms with E-state index in [0.717, 1.165) is 15.8 Å². The van der Waals surface area contributed by atoms with Gasteiger partial charge in [0.1, 0.15) is 5.82 Å². The van der Waals surface area contributed by atoms with Gasteiger partial charge in [0.15, 0.2) is 0 Å². The van der Waals surface area contributed by atoms with Gasteiger partial charge in [-0.25, -0.2) is 31.3 Å². The number of rotatable bonds is 6. The minimum atomic E-state index is -3.88. The zero-order valence-corrected chi connectivity index (χ0v) is 20.8. The van der Waals surface area contributed by atoms with E-state index in [0.29, 0.717) is 27.3 Å². The molecule has 0 aliphatic rings. The predicted molar refractivity (Wildman–Crippen MR) is 129 cm³/mol. The first-order valence-electron chi connectivity index (χ1n) is 9.40. The van der Waals surface area contributed by atoms with Gasteiger partial charge in [-0.05, 0) is 59.7 Å². The fourth-order valence-corrected chi connectivity index (χ4v) is 6.83. The van der Waals surface area contributed by atoms with Crippen molar-refractivity contribution >= 4 is 47.1 Å². The first-order chi connectivity index (χ1) is 15.5. The molecule has 11 heteroatoms. The van der Waals surface area contributed by atoms with Crippen LogP contribution >= 0.6 is 27.3 Å². The Balaban J connectivity index is 1.82. The van der Waals surface area contributed by atoms with E-state index in [1.807, 2.05) is 0 Å². The van der Waals surface area contributed by atoms with E-state index in [9.17, 15) is 21.2 Å². The summed E-state index contributed by atoms with van der Waals surface area (Å²) in [5.74, 6) is -0.678. The van der Waals surface area contributed by atoms with Crippen LogP contribution in [0.15, 0.2) is 86.5 Å². The molecule has 0 unspecified atom stereocenters. The molecule has 0 amide bonds. The number of halogens is 2. The molecule has 6 nitrogen and oxygen atoms in total. The molecule has 4 rings (SSSR count). The van der Waals surface area contributed by atoms with Crippen LogP contribution in [0.2, 0.25) is 0 Å². The molecule has 0 radical (unpaired) electrons. The van der Waals surface area contributed by atoms with Crippen molar-refractivity contribution in [1.82, 2.24) is 4.98 Å². The molecule has 0 aliphatic carbocycles. The van der Waals surface area contributed by atoms with Gasteiger partial charge in [-0.2, -0.15) is 0 Å². The van der Waals surface area contributed by atoms with Crippen molar-refractivity contribution in [1.29, 1.82) is 0 Å². The lowest BCUT2D eigenvalue weighted by molar-refractivity contribution is 0.593. The molecule has 2 N–H and O–H groups in total. The Morgan fingerprint density at radius 2 is 1.55 bits per heavy atom. The first kappa shape index (κ1) is 23.7. The van der Waals surface area contributed by atoms with E-state index in [4.69, 9.17) is 5.14 Å². The van der Waals surface area contributed by atoms with Gasteiger partial charge in [0.05, 0.1) is 21.2 Å². The molecule has 0 aliphatic heterocycles. The molecule has 4 aromatic rings. The Labute approximate surface area is 203 Å². The number of aromatic nitrogens is 1. The van der Waals surface area contributed by atoms with Crippen molar-refractivity contribution in [3.63, 3.8) is 0 Å². The minimum absolute atomic E-state index is 0.0680. The summed E-state index contributed by atoms with van der Waals surface area (Å²) in [6.07, 6.45) is 0. The average molecular weight is 567 g/mol. The van der Waals surface area contributed by atoms with Crippen molar-refractivity contribution in [2.45, 2.75) is 15.0 Å². The van der Waals surface area contributed by atoms with E-state index in [1.54, 1.807) is 24.3 Å². The molecular weight excluding hydrogens is 551 g/mol. The lowest BCUT2D eigenvalue weighted by atomic mass is 10.1. The molecule has 0 spiro atoms. The fourth-order valence-electron chi connectivity index (χ4n) is 3.14. The average Bonchev–Trinajstić information content (AvgIpc) is 3.20. The van der Waals surface area contributed by atoms with Crippen molar-refractivity contribution in [3.8, 4) is 21.7 Å². The molecular formula is C22H16BrFN2O4S3. The van der Waals surface area contributed by atoms with E-state index >= 15 is 0 Å². The summed E-state index contributed by atoms with van der Waals surface area (Å²) in [4.78, 5) is 4.84. The lowest BCUT2D eigenvalue weighted by Gasteiger charge is -2.04. The third kappa shape index (κ3) is 5.39. The smallest absolute Gasteiger partial charge is 0.225 e. The molecule has 0 atom stereocenters. The predicted octanol–water partition coefficient (Wildman–Crippen LogP) is 5.00. The van der Waals surface area contributed by atoms with E-state index in [1.165, 1.54) is 48.5 Å². The Bertz CT molecular complexity index is 1530. The number of primary sulfonamides is 1. The maximum Gasteiger partial charge on any atom is 0.238 e. The van der Waals surface area contributed by atoms with Crippen molar-refractivity contribution in [3.05, 3.63) is 88.6 Å². The van der Waals surface area contributed by atoms with Crippen LogP contribution < -0.4 is 5.14 Å². The van der Waals surface area contributed by atoms with Crippen LogP contribution in [-0.4, -0.2) is 21.8 Å². The quantitative estimate of drug-likeness (QED) is 0.353. The topological polar surface area (TPSA) is 107 Å². The monoisotopic (exact) mass is 566 g/mol. The van der Waals surface area contributed by atoms with Gasteiger partial charge in [0.25, 0.3) is 0 Å². The molecule has 170 valence electrons. The molecule has 1 aromatic heterocycles. The van der Waals surface area contributed by atoms with Crippen molar-refractivity contribution < 1.29 is 21.2 Å². The minimum Gasteiger partial charge on any atom is -0.225 e. The van der Waals surface area contributed by atoms with Gasteiger partial charge in [-0.15, -0.1) is 11.3 Å². The zero-order chi connectivity index (χ0) is 23.8. The van der Waals surface area contributed by atoms with Crippen LogP contribution in [-0.2, 0) is 25.6 Å².